The van der Waals surface area contributed by atoms with Gasteiger partial charge in [0.25, 0.3) is 15.9 Å². The van der Waals surface area contributed by atoms with Gasteiger partial charge in [0.15, 0.2) is 0 Å². The number of carbonyl (C=O) groups is 1. The second-order valence-corrected chi connectivity index (χ2v) is 15.6. The van der Waals surface area contributed by atoms with Crippen LogP contribution in [0.3, 0.4) is 0 Å². The van der Waals surface area contributed by atoms with Gasteiger partial charge in [0, 0.05) is 22.7 Å². The number of benzene rings is 2. The molecule has 4 bridgehead atoms. The summed E-state index contributed by atoms with van der Waals surface area (Å²) in [5.41, 5.74) is 4.91. The number of ether oxygens (including phenoxy) is 1. The van der Waals surface area contributed by atoms with E-state index < -0.39 is 10.0 Å². The molecule has 240 valence electrons. The third-order valence-electron chi connectivity index (χ3n) is 10.00. The zero-order chi connectivity index (χ0) is 32.1. The van der Waals surface area contributed by atoms with E-state index >= 15 is 0 Å². The highest BCUT2D eigenvalue weighted by Gasteiger charge is 2.50. The molecule has 1 saturated carbocycles. The molecule has 45 heavy (non-hydrogen) atoms. The maximum absolute atomic E-state index is 14.5. The minimum Gasteiger partial charge on any atom is -0.475 e. The summed E-state index contributed by atoms with van der Waals surface area (Å²) < 4.78 is 36.5. The van der Waals surface area contributed by atoms with Gasteiger partial charge in [-0.2, -0.15) is 4.98 Å². The van der Waals surface area contributed by atoms with Crippen LogP contribution in [-0.2, 0) is 10.0 Å². The van der Waals surface area contributed by atoms with Crippen molar-refractivity contribution in [2.45, 2.75) is 83.7 Å². The number of piperidine rings is 1. The first-order valence-electron chi connectivity index (χ1n) is 16.1. The molecular weight excluding hydrogens is 586 g/mol. The summed E-state index contributed by atoms with van der Waals surface area (Å²) in [6.45, 7) is 12.6. The molecule has 1 spiro atoms. The number of fused-ring (bicyclic) bond motifs is 4. The van der Waals surface area contributed by atoms with E-state index in [-0.39, 0.29) is 40.9 Å². The van der Waals surface area contributed by atoms with Crippen molar-refractivity contribution in [2.75, 3.05) is 31.5 Å². The van der Waals surface area contributed by atoms with Crippen LogP contribution in [0.4, 0.5) is 5.95 Å². The average Bonchev–Trinajstić information content (AvgIpc) is 2.97. The van der Waals surface area contributed by atoms with Gasteiger partial charge in [-0.05, 0) is 114 Å². The van der Waals surface area contributed by atoms with Gasteiger partial charge in [0.2, 0.25) is 11.8 Å². The molecule has 6 rings (SSSR count). The minimum atomic E-state index is -4.11. The van der Waals surface area contributed by atoms with Gasteiger partial charge in [0.05, 0.1) is 16.6 Å². The molecule has 3 aromatic rings. The summed E-state index contributed by atoms with van der Waals surface area (Å²) >= 11 is 0. The fraction of sp³-hybridized carbons (Fsp3) is 0.514. The molecule has 3 heterocycles. The Bertz CT molecular complexity index is 1690. The van der Waals surface area contributed by atoms with E-state index in [4.69, 9.17) is 9.72 Å². The van der Waals surface area contributed by atoms with Crippen LogP contribution in [0.1, 0.15) is 73.0 Å². The number of sulfonamides is 1. The highest BCUT2D eigenvalue weighted by atomic mass is 32.2. The second-order valence-electron chi connectivity index (χ2n) is 13.9. The molecular formula is C35H45N5O4S. The lowest BCUT2D eigenvalue weighted by atomic mass is 9.59. The van der Waals surface area contributed by atoms with Crippen LogP contribution >= 0.6 is 0 Å². The summed E-state index contributed by atoms with van der Waals surface area (Å²) in [6.07, 6.45) is 4.92. The van der Waals surface area contributed by atoms with E-state index in [0.29, 0.717) is 23.1 Å². The molecule has 2 aromatic carbocycles. The van der Waals surface area contributed by atoms with Gasteiger partial charge in [-0.25, -0.2) is 18.1 Å². The molecule has 0 radical (unpaired) electrons. The molecule has 1 aliphatic carbocycles. The summed E-state index contributed by atoms with van der Waals surface area (Å²) in [6, 6.07) is 12.2. The smallest absolute Gasteiger partial charge is 0.264 e. The monoisotopic (exact) mass is 631 g/mol. The number of aryl methyl sites for hydroxylation is 2. The summed E-state index contributed by atoms with van der Waals surface area (Å²) in [7, 11) is -1.94. The number of anilines is 1. The van der Waals surface area contributed by atoms with Crippen molar-refractivity contribution in [1.82, 2.24) is 19.8 Å². The Hall–Kier alpha value is -3.50. The topological polar surface area (TPSA) is 105 Å². The van der Waals surface area contributed by atoms with Crippen molar-refractivity contribution < 1.29 is 17.9 Å². The van der Waals surface area contributed by atoms with Gasteiger partial charge in [-0.1, -0.05) is 38.1 Å². The molecule has 10 heteroatoms. The number of likely N-dealkylation sites (tertiary alicyclic amines) is 1. The standard InChI is InChI=1S/C35H45N5O4S/c1-22(2)17-27-21-44-32-25(5)31(30-23(3)9-7-10-24(30)4)36-34(37-32)38-45(42,43)29-12-8-11-26(18-29)33(41)40(27)28-19-35(20-28)13-15-39(6)16-14-35/h7-12,18,22,27-28H,13-17,19-21H2,1-6H3,(H,36,37,38)/t27-/m1/s1. The third-order valence-corrected chi connectivity index (χ3v) is 11.3. The maximum atomic E-state index is 14.5. The van der Waals surface area contributed by atoms with Crippen molar-refractivity contribution >= 4 is 21.9 Å². The lowest BCUT2D eigenvalue weighted by Gasteiger charge is -2.56. The Morgan fingerprint density at radius 2 is 1.69 bits per heavy atom. The number of nitrogens with one attached hydrogen (secondary N) is 1. The normalized spacial score (nSPS) is 21.7. The van der Waals surface area contributed by atoms with Crippen LogP contribution in [0.2, 0.25) is 0 Å². The van der Waals surface area contributed by atoms with E-state index in [0.717, 1.165) is 67.4 Å². The number of rotatable bonds is 4. The van der Waals surface area contributed by atoms with Gasteiger partial charge in [-0.15, -0.1) is 0 Å². The molecule has 1 amide bonds. The quantitative estimate of drug-likeness (QED) is 0.377. The van der Waals surface area contributed by atoms with Crippen LogP contribution in [0.15, 0.2) is 47.4 Å². The van der Waals surface area contributed by atoms with E-state index in [9.17, 15) is 13.2 Å². The summed E-state index contributed by atoms with van der Waals surface area (Å²) in [4.78, 5) is 28.2. The predicted octanol–water partition coefficient (Wildman–Crippen LogP) is 5.99. The van der Waals surface area contributed by atoms with Crippen LogP contribution in [0.5, 0.6) is 5.88 Å². The zero-order valence-corrected chi connectivity index (χ0v) is 28.1. The zero-order valence-electron chi connectivity index (χ0n) is 27.3. The molecule has 2 fully saturated rings. The molecule has 1 atom stereocenters. The maximum Gasteiger partial charge on any atom is 0.264 e. The Morgan fingerprint density at radius 1 is 1.02 bits per heavy atom. The van der Waals surface area contributed by atoms with Gasteiger partial charge in [0.1, 0.15) is 6.61 Å². The number of carbonyl (C=O) groups excluding carboxylic acids is 1. The van der Waals surface area contributed by atoms with Crippen molar-refractivity contribution in [3.8, 4) is 17.1 Å². The second kappa shape index (κ2) is 12.0. The van der Waals surface area contributed by atoms with Crippen LogP contribution < -0.4 is 9.46 Å². The van der Waals surface area contributed by atoms with Crippen molar-refractivity contribution in [2.24, 2.45) is 11.3 Å². The van der Waals surface area contributed by atoms with E-state index in [2.05, 4.69) is 35.5 Å². The lowest BCUT2D eigenvalue weighted by molar-refractivity contribution is -0.0498. The lowest BCUT2D eigenvalue weighted by Crippen LogP contribution is -2.59. The summed E-state index contributed by atoms with van der Waals surface area (Å²) in [5.74, 6) is 0.402. The number of nitrogens with zero attached hydrogens (tertiary/aromatic N) is 4. The summed E-state index contributed by atoms with van der Waals surface area (Å²) in [5, 5.41) is 0. The largest absolute Gasteiger partial charge is 0.475 e. The molecule has 9 nitrogen and oxygen atoms in total. The third kappa shape index (κ3) is 6.19. The highest BCUT2D eigenvalue weighted by molar-refractivity contribution is 7.92. The molecule has 0 unspecified atom stereocenters. The van der Waals surface area contributed by atoms with Gasteiger partial charge in [-0.3, -0.25) is 4.79 Å². The molecule has 1 aromatic heterocycles. The predicted molar refractivity (Wildman–Crippen MR) is 176 cm³/mol. The molecule has 3 aliphatic rings. The van der Waals surface area contributed by atoms with Crippen molar-refractivity contribution in [3.63, 3.8) is 0 Å². The Kier molecular flexibility index (Phi) is 8.41. The minimum absolute atomic E-state index is 0.00591. The SMILES string of the molecule is Cc1cccc(C)c1-c1nc2nc(c1C)OC[C@@H](CC(C)C)N(C1CC3(CCN(C)CC3)C1)C(=O)c1cccc(c1)S(=O)(=O)N2. The van der Waals surface area contributed by atoms with Crippen molar-refractivity contribution in [3.05, 3.63) is 64.7 Å². The number of hydrogen-bond donors (Lipinski definition) is 1. The average molecular weight is 632 g/mol. The Balaban J connectivity index is 1.46. The number of hydrogen-bond acceptors (Lipinski definition) is 7. The first-order valence-corrected chi connectivity index (χ1v) is 17.6. The fourth-order valence-corrected chi connectivity index (χ4v) is 8.48. The Morgan fingerprint density at radius 3 is 2.36 bits per heavy atom. The van der Waals surface area contributed by atoms with E-state index in [1.807, 2.05) is 43.9 Å². The van der Waals surface area contributed by atoms with Gasteiger partial charge >= 0.3 is 0 Å². The van der Waals surface area contributed by atoms with E-state index in [1.54, 1.807) is 12.1 Å². The molecule has 1 saturated heterocycles. The van der Waals surface area contributed by atoms with Crippen molar-refractivity contribution in [1.29, 1.82) is 0 Å². The fourth-order valence-electron chi connectivity index (χ4n) is 7.49. The van der Waals surface area contributed by atoms with Crippen LogP contribution in [-0.4, -0.2) is 72.9 Å². The highest BCUT2D eigenvalue weighted by Crippen LogP contribution is 2.51. The van der Waals surface area contributed by atoms with E-state index in [1.165, 1.54) is 12.1 Å². The molecule has 1 N–H and O–H groups in total. The molecule has 2 aliphatic heterocycles. The number of amides is 1. The van der Waals surface area contributed by atoms with Crippen LogP contribution in [0, 0.1) is 32.1 Å². The van der Waals surface area contributed by atoms with Gasteiger partial charge < -0.3 is 14.5 Å². The first-order chi connectivity index (χ1) is 21.4. The van der Waals surface area contributed by atoms with Crippen LogP contribution in [0.25, 0.3) is 11.3 Å². The Labute approximate surface area is 267 Å². The first kappa shape index (κ1) is 31.5. The number of aromatic nitrogens is 2.